The van der Waals surface area contributed by atoms with Crippen molar-refractivity contribution in [2.75, 3.05) is 0 Å². The normalized spacial score (nSPS) is 24.2. The number of nitrogens with zero attached hydrogens (tertiary/aromatic N) is 3. The van der Waals surface area contributed by atoms with Gasteiger partial charge in [0.25, 0.3) is 0 Å². The molecule has 1 saturated heterocycles. The molecule has 3 heterocycles. The molecule has 3 rings (SSSR count). The zero-order valence-electron chi connectivity index (χ0n) is 9.78. The number of hydrogen-bond acceptors (Lipinski definition) is 4. The van der Waals surface area contributed by atoms with E-state index in [1.165, 1.54) is 0 Å². The molecule has 2 unspecified atom stereocenters. The Kier molecular flexibility index (Phi) is 2.71. The highest BCUT2D eigenvalue weighted by atomic mass is 16.4. The Bertz CT molecular complexity index is 580. The van der Waals surface area contributed by atoms with E-state index in [1.54, 1.807) is 12.4 Å². The summed E-state index contributed by atoms with van der Waals surface area (Å²) in [5.41, 5.74) is 0.976. The van der Waals surface area contributed by atoms with Crippen molar-refractivity contribution in [1.82, 2.24) is 19.7 Å². The predicted octanol–water partition coefficient (Wildman–Crippen LogP) is 0.997. The summed E-state index contributed by atoms with van der Waals surface area (Å²) in [6.07, 6.45) is 7.87. The van der Waals surface area contributed by atoms with Crippen molar-refractivity contribution in [2.24, 2.45) is 0 Å². The molecule has 0 radical (unpaired) electrons. The topological polar surface area (TPSA) is 79.5 Å². The van der Waals surface area contributed by atoms with Crippen molar-refractivity contribution in [1.29, 1.82) is 0 Å². The van der Waals surface area contributed by atoms with Crippen LogP contribution in [0, 0.1) is 0 Å². The van der Waals surface area contributed by atoms with Crippen molar-refractivity contribution in [3.05, 3.63) is 30.4 Å². The molecule has 18 heavy (non-hydrogen) atoms. The van der Waals surface area contributed by atoms with Gasteiger partial charge in [0, 0.05) is 12.4 Å². The van der Waals surface area contributed by atoms with Gasteiger partial charge in [-0.1, -0.05) is 0 Å². The van der Waals surface area contributed by atoms with Gasteiger partial charge in [0.2, 0.25) is 5.78 Å². The second-order valence-corrected chi connectivity index (χ2v) is 4.51. The first kappa shape index (κ1) is 11.2. The summed E-state index contributed by atoms with van der Waals surface area (Å²) in [7, 11) is 0. The molecule has 2 atom stereocenters. The molecule has 6 nitrogen and oxygen atoms in total. The quantitative estimate of drug-likeness (QED) is 0.826. The molecule has 0 bridgehead atoms. The lowest BCUT2D eigenvalue weighted by Crippen LogP contribution is -2.42. The number of carbonyl (C=O) groups is 1. The number of aliphatic carboxylic acids is 1. The average molecular weight is 246 g/mol. The number of nitrogens with one attached hydrogen (secondary N) is 1. The van der Waals surface area contributed by atoms with E-state index in [0.717, 1.165) is 18.5 Å². The van der Waals surface area contributed by atoms with Gasteiger partial charge in [0.15, 0.2) is 0 Å². The Balaban J connectivity index is 1.92. The van der Waals surface area contributed by atoms with E-state index in [2.05, 4.69) is 15.3 Å². The maximum Gasteiger partial charge on any atom is 0.320 e. The van der Waals surface area contributed by atoms with Crippen LogP contribution in [0.2, 0.25) is 0 Å². The highest BCUT2D eigenvalue weighted by Crippen LogP contribution is 2.25. The van der Waals surface area contributed by atoms with Crippen LogP contribution in [0.25, 0.3) is 5.78 Å². The van der Waals surface area contributed by atoms with E-state index >= 15 is 0 Å². The van der Waals surface area contributed by atoms with Crippen molar-refractivity contribution in [3.63, 3.8) is 0 Å². The van der Waals surface area contributed by atoms with E-state index in [0.29, 0.717) is 12.2 Å². The molecule has 1 fully saturated rings. The summed E-state index contributed by atoms with van der Waals surface area (Å²) in [5, 5.41) is 12.2. The zero-order chi connectivity index (χ0) is 12.5. The predicted molar refractivity (Wildman–Crippen MR) is 64.1 cm³/mol. The fourth-order valence-corrected chi connectivity index (χ4v) is 2.47. The monoisotopic (exact) mass is 246 g/mol. The molecular weight excluding hydrogens is 232 g/mol. The zero-order valence-corrected chi connectivity index (χ0v) is 9.78. The first-order valence-electron chi connectivity index (χ1n) is 6.02. The summed E-state index contributed by atoms with van der Waals surface area (Å²) in [6.45, 7) is 0. The van der Waals surface area contributed by atoms with Crippen LogP contribution in [0.4, 0.5) is 0 Å². The Labute approximate surface area is 104 Å². The molecule has 0 aromatic carbocycles. The maximum atomic E-state index is 11.0. The van der Waals surface area contributed by atoms with Crippen LogP contribution in [0.5, 0.6) is 0 Å². The molecule has 2 aromatic heterocycles. The van der Waals surface area contributed by atoms with Gasteiger partial charge in [0.1, 0.15) is 6.04 Å². The third-order valence-electron chi connectivity index (χ3n) is 3.36. The number of rotatable bonds is 2. The average Bonchev–Trinajstić information content (AvgIpc) is 2.82. The molecule has 0 spiro atoms. The van der Waals surface area contributed by atoms with Crippen LogP contribution >= 0.6 is 0 Å². The lowest BCUT2D eigenvalue weighted by molar-refractivity contribution is -0.140. The van der Waals surface area contributed by atoms with Gasteiger partial charge >= 0.3 is 5.97 Å². The number of aromatic nitrogens is 3. The minimum absolute atomic E-state index is 0.0269. The van der Waals surface area contributed by atoms with Crippen LogP contribution in [0.1, 0.15) is 31.0 Å². The minimum atomic E-state index is -0.786. The molecule has 1 aliphatic rings. The molecule has 1 aliphatic heterocycles. The van der Waals surface area contributed by atoms with Gasteiger partial charge in [-0.2, -0.15) is 0 Å². The van der Waals surface area contributed by atoms with Gasteiger partial charge in [-0.05, 0) is 25.3 Å². The molecular formula is C12H14N4O2. The highest BCUT2D eigenvalue weighted by Gasteiger charge is 2.28. The molecule has 94 valence electrons. The summed E-state index contributed by atoms with van der Waals surface area (Å²) >= 11 is 0. The molecule has 2 N–H and O–H groups in total. The van der Waals surface area contributed by atoms with Crippen molar-refractivity contribution >= 4 is 11.7 Å². The fraction of sp³-hybridized carbons (Fsp3) is 0.417. The van der Waals surface area contributed by atoms with E-state index in [4.69, 9.17) is 5.11 Å². The van der Waals surface area contributed by atoms with Gasteiger partial charge in [-0.3, -0.25) is 14.5 Å². The first-order chi connectivity index (χ1) is 8.75. The van der Waals surface area contributed by atoms with Crippen molar-refractivity contribution in [2.45, 2.75) is 31.3 Å². The third-order valence-corrected chi connectivity index (χ3v) is 3.36. The van der Waals surface area contributed by atoms with Crippen molar-refractivity contribution in [3.8, 4) is 0 Å². The smallest absolute Gasteiger partial charge is 0.320 e. The number of hydrogen-bond donors (Lipinski definition) is 2. The summed E-state index contributed by atoms with van der Waals surface area (Å²) in [4.78, 5) is 19.4. The second-order valence-electron chi connectivity index (χ2n) is 4.51. The Morgan fingerprint density at radius 1 is 1.44 bits per heavy atom. The largest absolute Gasteiger partial charge is 0.480 e. The molecule has 0 saturated carbocycles. The van der Waals surface area contributed by atoms with E-state index in [1.807, 2.05) is 16.7 Å². The lowest BCUT2D eigenvalue weighted by atomic mass is 9.97. The third kappa shape index (κ3) is 1.84. The van der Waals surface area contributed by atoms with Gasteiger partial charge in [-0.15, -0.1) is 0 Å². The van der Waals surface area contributed by atoms with Crippen molar-refractivity contribution < 1.29 is 9.90 Å². The molecule has 0 aliphatic carbocycles. The molecule has 2 aromatic rings. The van der Waals surface area contributed by atoms with Crippen LogP contribution in [0.3, 0.4) is 0 Å². The maximum absolute atomic E-state index is 11.0. The van der Waals surface area contributed by atoms with E-state index < -0.39 is 12.0 Å². The summed E-state index contributed by atoms with van der Waals surface area (Å²) in [5.74, 6) is -0.140. The number of carboxylic acid groups (broad SMARTS) is 1. The number of fused-ring (bicyclic) bond motifs is 1. The summed E-state index contributed by atoms with van der Waals surface area (Å²) < 4.78 is 1.90. The second kappa shape index (κ2) is 4.38. The molecule has 6 heteroatoms. The van der Waals surface area contributed by atoms with Gasteiger partial charge in [-0.25, -0.2) is 9.97 Å². The Morgan fingerprint density at radius 3 is 3.17 bits per heavy atom. The van der Waals surface area contributed by atoms with Crippen LogP contribution in [-0.4, -0.2) is 31.5 Å². The first-order valence-corrected chi connectivity index (χ1v) is 6.02. The standard InChI is InChI=1S/C12H14N4O2/c17-11(18)9-4-1-3-8(15-9)10-7-14-12-13-5-2-6-16(10)12/h2,5-9,15H,1,3-4H2,(H,17,18). The number of carboxylic acids is 1. The Hall–Kier alpha value is -1.95. The van der Waals surface area contributed by atoms with Crippen LogP contribution in [0.15, 0.2) is 24.7 Å². The van der Waals surface area contributed by atoms with E-state index in [-0.39, 0.29) is 6.04 Å². The highest BCUT2D eigenvalue weighted by molar-refractivity contribution is 5.73. The van der Waals surface area contributed by atoms with E-state index in [9.17, 15) is 4.79 Å². The number of imidazole rings is 1. The summed E-state index contributed by atoms with van der Waals surface area (Å²) in [6, 6.07) is 1.40. The molecule has 0 amide bonds. The van der Waals surface area contributed by atoms with Crippen LogP contribution in [-0.2, 0) is 4.79 Å². The number of piperidine rings is 1. The fourth-order valence-electron chi connectivity index (χ4n) is 2.47. The minimum Gasteiger partial charge on any atom is -0.480 e. The SMILES string of the molecule is O=C(O)C1CCCC(c2cnc3ncccn23)N1. The van der Waals surface area contributed by atoms with Crippen LogP contribution < -0.4 is 5.32 Å². The lowest BCUT2D eigenvalue weighted by Gasteiger charge is -2.28. The Morgan fingerprint density at radius 2 is 2.33 bits per heavy atom. The van der Waals surface area contributed by atoms with Gasteiger partial charge < -0.3 is 5.11 Å². The van der Waals surface area contributed by atoms with Gasteiger partial charge in [0.05, 0.1) is 17.9 Å².